The first kappa shape index (κ1) is 32.4. The molecule has 0 unspecified atom stereocenters. The minimum absolute atomic E-state index is 0. The molecule has 1 aliphatic rings. The van der Waals surface area contributed by atoms with Crippen LogP contribution in [0.4, 0.5) is 0 Å². The van der Waals surface area contributed by atoms with Crippen molar-refractivity contribution < 1.29 is 30.0 Å². The minimum Gasteiger partial charge on any atom is -0.512 e. The van der Waals surface area contributed by atoms with Gasteiger partial charge >= 0.3 is 0 Å². The third kappa shape index (κ3) is 7.61. The van der Waals surface area contributed by atoms with E-state index >= 15 is 0 Å². The second-order valence-corrected chi connectivity index (χ2v) is 12.8. The minimum atomic E-state index is 0. The molecule has 1 aromatic heterocycles. The number of fused-ring (bicyclic) bond motifs is 5. The molecule has 217 valence electrons. The maximum atomic E-state index is 11.2. The Kier molecular flexibility index (Phi) is 10.5. The average Bonchev–Trinajstić information content (AvgIpc) is 2.97. The molecular formula is C37H42IrNO2-. The number of rotatable bonds is 5. The van der Waals surface area contributed by atoms with Crippen LogP contribution in [0.3, 0.4) is 0 Å². The molecular weight excluding hydrogens is 683 g/mol. The number of aliphatic hydroxyl groups excluding tert-OH is 1. The van der Waals surface area contributed by atoms with E-state index in [1.54, 1.807) is 0 Å². The molecule has 4 heteroatoms. The molecule has 5 rings (SSSR count). The zero-order valence-electron chi connectivity index (χ0n) is 25.6. The van der Waals surface area contributed by atoms with E-state index in [4.69, 9.17) is 4.98 Å². The number of pyridine rings is 1. The van der Waals surface area contributed by atoms with Gasteiger partial charge in [-0.15, -0.1) is 29.8 Å². The number of hydrogen-bond donors (Lipinski definition) is 1. The largest absolute Gasteiger partial charge is 0.512 e. The van der Waals surface area contributed by atoms with Crippen LogP contribution in [-0.2, 0) is 30.3 Å². The Hall–Kier alpha value is -3.07. The molecule has 0 saturated carbocycles. The van der Waals surface area contributed by atoms with Crippen LogP contribution in [0.5, 0.6) is 0 Å². The number of carbonyl (C=O) groups is 1. The molecule has 0 bridgehead atoms. The molecule has 0 atom stereocenters. The average molecular weight is 725 g/mol. The molecule has 41 heavy (non-hydrogen) atoms. The van der Waals surface area contributed by atoms with Gasteiger partial charge in [0, 0.05) is 45.2 Å². The second kappa shape index (κ2) is 13.3. The summed E-state index contributed by atoms with van der Waals surface area (Å²) >= 11 is 0. The van der Waals surface area contributed by atoms with Crippen molar-refractivity contribution in [1.29, 1.82) is 0 Å². The smallest absolute Gasteiger partial charge is 0.159 e. The van der Waals surface area contributed by atoms with Crippen LogP contribution < -0.4 is 0 Å². The first-order valence-corrected chi connectivity index (χ1v) is 14.3. The summed E-state index contributed by atoms with van der Waals surface area (Å²) in [6, 6.07) is 23.3. The molecule has 1 aliphatic carbocycles. The Labute approximate surface area is 259 Å². The van der Waals surface area contributed by atoms with Crippen LogP contribution in [0.15, 0.2) is 72.6 Å². The molecule has 0 aliphatic heterocycles. The molecule has 1 heterocycles. The fourth-order valence-corrected chi connectivity index (χ4v) is 5.25. The van der Waals surface area contributed by atoms with Gasteiger partial charge in [0.2, 0.25) is 0 Å². The van der Waals surface area contributed by atoms with Crippen LogP contribution in [0.1, 0.15) is 72.4 Å². The number of carbonyl (C=O) groups excluding carboxylic acids is 1. The van der Waals surface area contributed by atoms with Crippen LogP contribution in [-0.4, -0.2) is 15.9 Å². The van der Waals surface area contributed by atoms with Crippen molar-refractivity contribution in [3.8, 4) is 33.5 Å². The SMILES string of the molecule is CC(C)CC(=O)/C=C(\O)CC(C)C.Cc1ccc2c(c1)-c1ccc[c-]c1-c1nccc3cc(C(C)(C)C)cc-2c13.[Ir]. The first-order chi connectivity index (χ1) is 18.8. The van der Waals surface area contributed by atoms with E-state index in [2.05, 4.69) is 82.3 Å². The van der Waals surface area contributed by atoms with Gasteiger partial charge in [-0.3, -0.25) is 4.79 Å². The molecule has 0 saturated heterocycles. The number of hydrogen-bond acceptors (Lipinski definition) is 3. The van der Waals surface area contributed by atoms with E-state index in [1.165, 1.54) is 50.2 Å². The number of aromatic nitrogens is 1. The van der Waals surface area contributed by atoms with Crippen LogP contribution in [0, 0.1) is 24.8 Å². The van der Waals surface area contributed by atoms with Crippen molar-refractivity contribution in [3.63, 3.8) is 0 Å². The van der Waals surface area contributed by atoms with E-state index in [0.29, 0.717) is 24.7 Å². The molecule has 1 N–H and O–H groups in total. The number of aliphatic hydroxyl groups is 1. The van der Waals surface area contributed by atoms with E-state index < -0.39 is 0 Å². The van der Waals surface area contributed by atoms with Crippen molar-refractivity contribution in [2.75, 3.05) is 0 Å². The van der Waals surface area contributed by atoms with Crippen molar-refractivity contribution in [1.82, 2.24) is 4.98 Å². The van der Waals surface area contributed by atoms with E-state index in [9.17, 15) is 9.90 Å². The van der Waals surface area contributed by atoms with Crippen LogP contribution in [0.2, 0.25) is 0 Å². The second-order valence-electron chi connectivity index (χ2n) is 12.8. The zero-order chi connectivity index (χ0) is 29.2. The Morgan fingerprint density at radius 1 is 0.927 bits per heavy atom. The summed E-state index contributed by atoms with van der Waals surface area (Å²) in [6.45, 7) is 17.0. The summed E-state index contributed by atoms with van der Waals surface area (Å²) in [7, 11) is 0. The fraction of sp³-hybridized carbons (Fsp3) is 0.351. The van der Waals surface area contributed by atoms with Gasteiger partial charge in [0.1, 0.15) is 0 Å². The molecule has 0 spiro atoms. The van der Waals surface area contributed by atoms with Crippen molar-refractivity contribution in [2.24, 2.45) is 11.8 Å². The normalized spacial score (nSPS) is 12.2. The van der Waals surface area contributed by atoms with Gasteiger partial charge in [0.15, 0.2) is 5.78 Å². The van der Waals surface area contributed by atoms with Gasteiger partial charge < -0.3 is 10.1 Å². The Morgan fingerprint density at radius 2 is 1.63 bits per heavy atom. The Bertz CT molecular complexity index is 1570. The first-order valence-electron chi connectivity index (χ1n) is 14.3. The number of nitrogens with zero attached hydrogens (tertiary/aromatic N) is 1. The predicted octanol–water partition coefficient (Wildman–Crippen LogP) is 10.0. The number of benzene rings is 3. The number of ketones is 1. The predicted molar refractivity (Wildman–Crippen MR) is 169 cm³/mol. The third-order valence-corrected chi connectivity index (χ3v) is 7.13. The molecule has 0 fully saturated rings. The maximum absolute atomic E-state index is 11.2. The van der Waals surface area contributed by atoms with Crippen molar-refractivity contribution in [2.45, 2.75) is 73.6 Å². The molecule has 3 nitrogen and oxygen atoms in total. The zero-order valence-corrected chi connectivity index (χ0v) is 28.0. The van der Waals surface area contributed by atoms with E-state index in [-0.39, 0.29) is 37.1 Å². The van der Waals surface area contributed by atoms with Crippen molar-refractivity contribution in [3.05, 3.63) is 89.8 Å². The summed E-state index contributed by atoms with van der Waals surface area (Å²) in [6.07, 6.45) is 4.39. The van der Waals surface area contributed by atoms with Crippen LogP contribution >= 0.6 is 0 Å². The van der Waals surface area contributed by atoms with Gasteiger partial charge in [-0.05, 0) is 63.4 Å². The number of allylic oxidation sites excluding steroid dienone is 2. The quantitative estimate of drug-likeness (QED) is 0.112. The van der Waals surface area contributed by atoms with E-state index in [0.717, 1.165) is 11.3 Å². The molecule has 0 amide bonds. The van der Waals surface area contributed by atoms with Crippen molar-refractivity contribution >= 4 is 16.6 Å². The number of aryl methyl sites for hydroxylation is 1. The standard InChI is InChI=1S/C26H22N.C11H20O2.Ir/c1-16-9-10-20-22(13-16)19-7-5-6-8-21(19)25-24-17(11-12-27-25)14-18(15-23(20)24)26(2,3)4;1-8(2)5-10(12)7-11(13)6-9(3)4;/h5-7,9-15H,1-4H3;7-9,12H,5-6H2,1-4H3;/q-1;;/b;10-7-;. The molecule has 4 aromatic rings. The van der Waals surface area contributed by atoms with Crippen LogP contribution in [0.25, 0.3) is 44.3 Å². The van der Waals surface area contributed by atoms with Gasteiger partial charge in [0.25, 0.3) is 0 Å². The summed E-state index contributed by atoms with van der Waals surface area (Å²) in [4.78, 5) is 16.0. The van der Waals surface area contributed by atoms with Gasteiger partial charge in [0.05, 0.1) is 5.76 Å². The third-order valence-electron chi connectivity index (χ3n) is 7.13. The summed E-state index contributed by atoms with van der Waals surface area (Å²) in [5, 5.41) is 11.8. The molecule has 1 radical (unpaired) electrons. The Balaban J connectivity index is 0.000000284. The monoisotopic (exact) mass is 725 g/mol. The Morgan fingerprint density at radius 3 is 2.29 bits per heavy atom. The summed E-state index contributed by atoms with van der Waals surface area (Å²) in [5.41, 5.74) is 9.88. The van der Waals surface area contributed by atoms with Gasteiger partial charge in [-0.25, -0.2) is 0 Å². The summed E-state index contributed by atoms with van der Waals surface area (Å²) in [5.74, 6) is 0.979. The fourth-order valence-electron chi connectivity index (χ4n) is 5.25. The van der Waals surface area contributed by atoms with E-state index in [1.807, 2.05) is 40.0 Å². The maximum Gasteiger partial charge on any atom is 0.159 e. The van der Waals surface area contributed by atoms with Gasteiger partial charge in [-0.1, -0.05) is 95.5 Å². The topological polar surface area (TPSA) is 50.2 Å². The summed E-state index contributed by atoms with van der Waals surface area (Å²) < 4.78 is 0. The molecule has 3 aromatic carbocycles. The van der Waals surface area contributed by atoms with Gasteiger partial charge in [-0.2, -0.15) is 0 Å².